The highest BCUT2D eigenvalue weighted by molar-refractivity contribution is 4.58. The van der Waals surface area contributed by atoms with Crippen LogP contribution in [0.2, 0.25) is 0 Å². The molecule has 2 atom stereocenters. The van der Waals surface area contributed by atoms with Crippen LogP contribution in [0.15, 0.2) is 0 Å². The highest BCUT2D eigenvalue weighted by Crippen LogP contribution is 2.09. The van der Waals surface area contributed by atoms with Crippen LogP contribution in [-0.4, -0.2) is 45.8 Å². The Labute approximate surface area is 85.2 Å². The molecule has 4 N–H and O–H groups in total. The second kappa shape index (κ2) is 9.40. The van der Waals surface area contributed by atoms with Crippen LogP contribution in [-0.2, 0) is 0 Å². The number of hydrogen-bond acceptors (Lipinski definition) is 4. The van der Waals surface area contributed by atoms with Gasteiger partial charge in [0.15, 0.2) is 0 Å². The summed E-state index contributed by atoms with van der Waals surface area (Å²) in [6, 6.07) is 0. The van der Waals surface area contributed by atoms with Crippen LogP contribution >= 0.6 is 0 Å². The minimum atomic E-state index is -0.421. The molecule has 0 aromatic heterocycles. The van der Waals surface area contributed by atoms with Crippen molar-refractivity contribution in [3.63, 3.8) is 0 Å². The summed E-state index contributed by atoms with van der Waals surface area (Å²) >= 11 is 0. The molecule has 0 rings (SSSR count). The third-order valence-corrected chi connectivity index (χ3v) is 2.25. The summed E-state index contributed by atoms with van der Waals surface area (Å²) in [7, 11) is 0. The predicted molar refractivity (Wildman–Crippen MR) is 53.9 cm³/mol. The molecule has 0 amide bonds. The molecular weight excluding hydrogens is 184 g/mol. The summed E-state index contributed by atoms with van der Waals surface area (Å²) in [5.41, 5.74) is 0. The number of aliphatic hydroxyl groups is 4. The monoisotopic (exact) mass is 206 g/mol. The zero-order valence-corrected chi connectivity index (χ0v) is 8.60. The largest absolute Gasteiger partial charge is 0.396 e. The van der Waals surface area contributed by atoms with E-state index in [1.807, 2.05) is 0 Å². The molecule has 86 valence electrons. The standard InChI is InChI=1S/C10H22O4/c11-7-5-9(13)3-1-2-4-10(14)6-8-12/h9-14H,1-8H2. The predicted octanol–water partition coefficient (Wildman–Crippen LogP) is 0.0334. The molecular formula is C10H22O4. The average molecular weight is 206 g/mol. The molecule has 14 heavy (non-hydrogen) atoms. The Balaban J connectivity index is 3.19. The van der Waals surface area contributed by atoms with Crippen molar-refractivity contribution in [2.24, 2.45) is 0 Å². The van der Waals surface area contributed by atoms with Crippen LogP contribution in [0.1, 0.15) is 38.5 Å². The first-order chi connectivity index (χ1) is 6.70. The smallest absolute Gasteiger partial charge is 0.0562 e. The van der Waals surface area contributed by atoms with Crippen molar-refractivity contribution in [3.05, 3.63) is 0 Å². The molecule has 2 unspecified atom stereocenters. The summed E-state index contributed by atoms with van der Waals surface area (Å²) in [5.74, 6) is 0. The molecule has 0 spiro atoms. The molecule has 0 aliphatic heterocycles. The first-order valence-corrected chi connectivity index (χ1v) is 5.28. The van der Waals surface area contributed by atoms with Gasteiger partial charge in [-0.3, -0.25) is 0 Å². The second-order valence-electron chi connectivity index (χ2n) is 3.62. The van der Waals surface area contributed by atoms with E-state index in [9.17, 15) is 10.2 Å². The molecule has 0 heterocycles. The van der Waals surface area contributed by atoms with E-state index >= 15 is 0 Å². The Morgan fingerprint density at radius 3 is 1.29 bits per heavy atom. The molecule has 4 heteroatoms. The van der Waals surface area contributed by atoms with E-state index in [2.05, 4.69) is 0 Å². The van der Waals surface area contributed by atoms with Crippen LogP contribution in [0.25, 0.3) is 0 Å². The van der Waals surface area contributed by atoms with E-state index in [1.54, 1.807) is 0 Å². The van der Waals surface area contributed by atoms with Gasteiger partial charge in [-0.15, -0.1) is 0 Å². The zero-order valence-electron chi connectivity index (χ0n) is 8.60. The van der Waals surface area contributed by atoms with Gasteiger partial charge in [-0.1, -0.05) is 12.8 Å². The molecule has 0 fully saturated rings. The number of hydrogen-bond donors (Lipinski definition) is 4. The molecule has 0 saturated heterocycles. The highest BCUT2D eigenvalue weighted by Gasteiger charge is 2.05. The summed E-state index contributed by atoms with van der Waals surface area (Å²) in [6.07, 6.45) is 3.06. The summed E-state index contributed by atoms with van der Waals surface area (Å²) in [4.78, 5) is 0. The maximum absolute atomic E-state index is 9.26. The maximum atomic E-state index is 9.26. The van der Waals surface area contributed by atoms with Crippen LogP contribution in [0.3, 0.4) is 0 Å². The molecule has 0 aliphatic rings. The molecule has 0 aromatic rings. The molecule has 0 bridgehead atoms. The Morgan fingerprint density at radius 2 is 1.00 bits per heavy atom. The van der Waals surface area contributed by atoms with Gasteiger partial charge in [0, 0.05) is 13.2 Å². The lowest BCUT2D eigenvalue weighted by Gasteiger charge is -2.10. The Kier molecular flexibility index (Phi) is 9.29. The van der Waals surface area contributed by atoms with E-state index in [-0.39, 0.29) is 13.2 Å². The molecule has 0 aromatic carbocycles. The van der Waals surface area contributed by atoms with Crippen molar-refractivity contribution in [2.75, 3.05) is 13.2 Å². The Hall–Kier alpha value is -0.160. The van der Waals surface area contributed by atoms with E-state index in [4.69, 9.17) is 10.2 Å². The lowest BCUT2D eigenvalue weighted by molar-refractivity contribution is 0.109. The third-order valence-electron chi connectivity index (χ3n) is 2.25. The number of rotatable bonds is 9. The van der Waals surface area contributed by atoms with Gasteiger partial charge in [0.05, 0.1) is 12.2 Å². The first kappa shape index (κ1) is 13.8. The molecule has 0 saturated carbocycles. The van der Waals surface area contributed by atoms with Crippen LogP contribution < -0.4 is 0 Å². The number of aliphatic hydroxyl groups excluding tert-OH is 4. The van der Waals surface area contributed by atoms with Crippen molar-refractivity contribution in [2.45, 2.75) is 50.7 Å². The van der Waals surface area contributed by atoms with Gasteiger partial charge in [-0.05, 0) is 25.7 Å². The highest BCUT2D eigenvalue weighted by atomic mass is 16.3. The summed E-state index contributed by atoms with van der Waals surface area (Å²) in [5, 5.41) is 35.6. The lowest BCUT2D eigenvalue weighted by atomic mass is 10.0. The van der Waals surface area contributed by atoms with E-state index in [0.29, 0.717) is 25.7 Å². The fourth-order valence-electron chi connectivity index (χ4n) is 1.35. The van der Waals surface area contributed by atoms with E-state index in [1.165, 1.54) is 0 Å². The summed E-state index contributed by atoms with van der Waals surface area (Å²) in [6.45, 7) is 0.0443. The second-order valence-corrected chi connectivity index (χ2v) is 3.62. The minimum absolute atomic E-state index is 0.0221. The molecule has 0 aliphatic carbocycles. The van der Waals surface area contributed by atoms with Crippen molar-refractivity contribution in [1.29, 1.82) is 0 Å². The van der Waals surface area contributed by atoms with Crippen molar-refractivity contribution >= 4 is 0 Å². The van der Waals surface area contributed by atoms with Gasteiger partial charge >= 0.3 is 0 Å². The van der Waals surface area contributed by atoms with Crippen LogP contribution in [0, 0.1) is 0 Å². The van der Waals surface area contributed by atoms with Gasteiger partial charge in [-0.25, -0.2) is 0 Å². The fraction of sp³-hybridized carbons (Fsp3) is 1.00. The van der Waals surface area contributed by atoms with Gasteiger partial charge < -0.3 is 20.4 Å². The SMILES string of the molecule is OCCC(O)CCCCC(O)CCO. The average Bonchev–Trinajstić information content (AvgIpc) is 2.13. The van der Waals surface area contributed by atoms with E-state index in [0.717, 1.165) is 12.8 Å². The summed E-state index contributed by atoms with van der Waals surface area (Å²) < 4.78 is 0. The first-order valence-electron chi connectivity index (χ1n) is 5.28. The molecule has 0 radical (unpaired) electrons. The zero-order chi connectivity index (χ0) is 10.8. The lowest BCUT2D eigenvalue weighted by Crippen LogP contribution is -2.11. The third kappa shape index (κ3) is 8.44. The topological polar surface area (TPSA) is 80.9 Å². The quantitative estimate of drug-likeness (QED) is 0.401. The van der Waals surface area contributed by atoms with Crippen molar-refractivity contribution < 1.29 is 20.4 Å². The normalized spacial score (nSPS) is 15.4. The fourth-order valence-corrected chi connectivity index (χ4v) is 1.35. The maximum Gasteiger partial charge on any atom is 0.0562 e. The number of unbranched alkanes of at least 4 members (excludes halogenated alkanes) is 1. The van der Waals surface area contributed by atoms with Gasteiger partial charge in [0.25, 0.3) is 0 Å². The van der Waals surface area contributed by atoms with Gasteiger partial charge in [0.2, 0.25) is 0 Å². The van der Waals surface area contributed by atoms with E-state index < -0.39 is 12.2 Å². The Morgan fingerprint density at radius 1 is 0.643 bits per heavy atom. The minimum Gasteiger partial charge on any atom is -0.396 e. The van der Waals surface area contributed by atoms with Gasteiger partial charge in [0.1, 0.15) is 0 Å². The van der Waals surface area contributed by atoms with Crippen molar-refractivity contribution in [3.8, 4) is 0 Å². The van der Waals surface area contributed by atoms with Crippen LogP contribution in [0.4, 0.5) is 0 Å². The van der Waals surface area contributed by atoms with Crippen LogP contribution in [0.5, 0.6) is 0 Å². The molecule has 4 nitrogen and oxygen atoms in total. The Bertz CT molecular complexity index is 105. The van der Waals surface area contributed by atoms with Crippen molar-refractivity contribution in [1.82, 2.24) is 0 Å². The van der Waals surface area contributed by atoms with Gasteiger partial charge in [-0.2, -0.15) is 0 Å².